The number of aromatic nitrogens is 2. The van der Waals surface area contributed by atoms with E-state index in [4.69, 9.17) is 4.74 Å². The molecule has 29 heavy (non-hydrogen) atoms. The van der Waals surface area contributed by atoms with Crippen molar-refractivity contribution < 1.29 is 14.6 Å². The van der Waals surface area contributed by atoms with Gasteiger partial charge in [0.25, 0.3) is 0 Å². The van der Waals surface area contributed by atoms with Crippen LogP contribution < -0.4 is 4.74 Å². The zero-order valence-electron chi connectivity index (χ0n) is 15.9. The first kappa shape index (κ1) is 19.8. The second-order valence-electron chi connectivity index (χ2n) is 7.20. The van der Waals surface area contributed by atoms with Crippen molar-refractivity contribution in [1.82, 2.24) is 14.9 Å². The highest BCUT2D eigenvalue weighted by atomic mass is 32.1. The SMILES string of the molecule is O=C(O)N1CCC(CCOc2ccc(-c3nccs3)cc2)CC1Cc1cscn1. The molecule has 0 radical (unpaired) electrons. The van der Waals surface area contributed by atoms with E-state index >= 15 is 0 Å². The third kappa shape index (κ3) is 5.13. The van der Waals surface area contributed by atoms with Crippen molar-refractivity contribution in [3.05, 3.63) is 52.4 Å². The minimum absolute atomic E-state index is 0.00840. The van der Waals surface area contributed by atoms with E-state index in [0.29, 0.717) is 25.5 Å². The number of hydrogen-bond donors (Lipinski definition) is 1. The van der Waals surface area contributed by atoms with E-state index in [1.54, 1.807) is 33.1 Å². The van der Waals surface area contributed by atoms with Crippen LogP contribution >= 0.6 is 22.7 Å². The van der Waals surface area contributed by atoms with Gasteiger partial charge in [-0.1, -0.05) is 0 Å². The minimum atomic E-state index is -0.833. The highest BCUT2D eigenvalue weighted by Gasteiger charge is 2.31. The molecule has 152 valence electrons. The minimum Gasteiger partial charge on any atom is -0.494 e. The van der Waals surface area contributed by atoms with Crippen molar-refractivity contribution >= 4 is 28.8 Å². The van der Waals surface area contributed by atoms with E-state index in [-0.39, 0.29) is 6.04 Å². The van der Waals surface area contributed by atoms with Crippen LogP contribution in [0.3, 0.4) is 0 Å². The second kappa shape index (κ2) is 9.37. The molecule has 0 saturated carbocycles. The summed E-state index contributed by atoms with van der Waals surface area (Å²) in [6.45, 7) is 1.22. The Balaban J connectivity index is 1.28. The first-order chi connectivity index (χ1) is 14.2. The molecule has 1 aromatic carbocycles. The molecule has 0 spiro atoms. The van der Waals surface area contributed by atoms with Crippen molar-refractivity contribution in [2.24, 2.45) is 5.92 Å². The van der Waals surface area contributed by atoms with E-state index in [1.807, 2.05) is 41.2 Å². The summed E-state index contributed by atoms with van der Waals surface area (Å²) >= 11 is 3.17. The third-order valence-electron chi connectivity index (χ3n) is 5.33. The highest BCUT2D eigenvalue weighted by molar-refractivity contribution is 7.13. The smallest absolute Gasteiger partial charge is 0.407 e. The van der Waals surface area contributed by atoms with Crippen LogP contribution in [0.1, 0.15) is 25.0 Å². The average Bonchev–Trinajstić information content (AvgIpc) is 3.43. The summed E-state index contributed by atoms with van der Waals surface area (Å²) < 4.78 is 5.94. The molecule has 1 N–H and O–H groups in total. The average molecular weight is 430 g/mol. The number of piperidine rings is 1. The first-order valence-electron chi connectivity index (χ1n) is 9.68. The number of nitrogens with zero attached hydrogens (tertiary/aromatic N) is 3. The number of amides is 1. The Kier molecular flexibility index (Phi) is 6.41. The number of hydrogen-bond acceptors (Lipinski definition) is 6. The number of benzene rings is 1. The predicted molar refractivity (Wildman–Crippen MR) is 115 cm³/mol. The largest absolute Gasteiger partial charge is 0.494 e. The van der Waals surface area contributed by atoms with Gasteiger partial charge in [0.05, 0.1) is 17.8 Å². The molecule has 4 rings (SSSR count). The third-order valence-corrected chi connectivity index (χ3v) is 6.78. The Morgan fingerprint density at radius 3 is 2.83 bits per heavy atom. The second-order valence-corrected chi connectivity index (χ2v) is 8.82. The van der Waals surface area contributed by atoms with E-state index in [9.17, 15) is 9.90 Å². The summed E-state index contributed by atoms with van der Waals surface area (Å²) in [5, 5.41) is 14.5. The molecule has 1 aliphatic heterocycles. The molecule has 1 fully saturated rings. The molecule has 0 bridgehead atoms. The van der Waals surface area contributed by atoms with Crippen molar-refractivity contribution in [2.75, 3.05) is 13.2 Å². The molecular weight excluding hydrogens is 406 g/mol. The van der Waals surface area contributed by atoms with Gasteiger partial charge in [-0.05, 0) is 49.4 Å². The predicted octanol–water partition coefficient (Wildman–Crippen LogP) is 5.04. The number of likely N-dealkylation sites (tertiary alicyclic amines) is 1. The first-order valence-corrected chi connectivity index (χ1v) is 11.5. The Morgan fingerprint density at radius 1 is 1.28 bits per heavy atom. The Bertz CT molecular complexity index is 898. The lowest BCUT2D eigenvalue weighted by molar-refractivity contribution is 0.0839. The van der Waals surface area contributed by atoms with Gasteiger partial charge in [0.15, 0.2) is 0 Å². The molecule has 6 nitrogen and oxygen atoms in total. The molecule has 2 unspecified atom stereocenters. The van der Waals surface area contributed by atoms with Crippen molar-refractivity contribution in [2.45, 2.75) is 31.7 Å². The number of ether oxygens (including phenoxy) is 1. The summed E-state index contributed by atoms with van der Waals surface area (Å²) in [5.74, 6) is 1.32. The van der Waals surface area contributed by atoms with Gasteiger partial charge in [-0.15, -0.1) is 22.7 Å². The van der Waals surface area contributed by atoms with E-state index in [0.717, 1.165) is 41.3 Å². The lowest BCUT2D eigenvalue weighted by atomic mass is 9.87. The number of rotatable bonds is 7. The van der Waals surface area contributed by atoms with Crippen molar-refractivity contribution in [1.29, 1.82) is 0 Å². The highest BCUT2D eigenvalue weighted by Crippen LogP contribution is 2.29. The molecule has 0 aliphatic carbocycles. The van der Waals surface area contributed by atoms with Crippen molar-refractivity contribution in [3.63, 3.8) is 0 Å². The van der Waals surface area contributed by atoms with Crippen LogP contribution in [-0.4, -0.2) is 45.3 Å². The normalized spacial score (nSPS) is 19.2. The maximum Gasteiger partial charge on any atom is 0.407 e. The lowest BCUT2D eigenvalue weighted by Gasteiger charge is -2.37. The van der Waals surface area contributed by atoms with Crippen molar-refractivity contribution in [3.8, 4) is 16.3 Å². The molecule has 2 atom stereocenters. The summed E-state index contributed by atoms with van der Waals surface area (Å²) in [6.07, 6.45) is 4.32. The topological polar surface area (TPSA) is 75.5 Å². The van der Waals surface area contributed by atoms with Gasteiger partial charge < -0.3 is 14.7 Å². The Hall–Kier alpha value is -2.45. The van der Waals surface area contributed by atoms with Gasteiger partial charge in [0.2, 0.25) is 0 Å². The van der Waals surface area contributed by atoms with Crippen LogP contribution in [0.2, 0.25) is 0 Å². The molecule has 8 heteroatoms. The van der Waals surface area contributed by atoms with Gasteiger partial charge >= 0.3 is 6.09 Å². The van der Waals surface area contributed by atoms with Crippen LogP contribution in [0.25, 0.3) is 10.6 Å². The van der Waals surface area contributed by atoms with Crippen LogP contribution in [-0.2, 0) is 6.42 Å². The fourth-order valence-electron chi connectivity index (χ4n) is 3.82. The van der Waals surface area contributed by atoms with Gasteiger partial charge in [-0.2, -0.15) is 0 Å². The molecule has 3 heterocycles. The zero-order valence-corrected chi connectivity index (χ0v) is 17.6. The fraction of sp³-hybridized carbons (Fsp3) is 0.381. The van der Waals surface area contributed by atoms with Gasteiger partial charge in [-0.3, -0.25) is 0 Å². The maximum absolute atomic E-state index is 11.6. The molecule has 1 saturated heterocycles. The summed E-state index contributed by atoms with van der Waals surface area (Å²) in [5.41, 5.74) is 3.87. The van der Waals surface area contributed by atoms with E-state index in [1.165, 1.54) is 0 Å². The van der Waals surface area contributed by atoms with Gasteiger partial charge in [-0.25, -0.2) is 14.8 Å². The van der Waals surface area contributed by atoms with Gasteiger partial charge in [0, 0.05) is 41.5 Å². The standard InChI is InChI=1S/C21H23N3O3S2/c25-21(26)24-8-5-15(11-18(24)12-17-13-28-14-23-17)6-9-27-19-3-1-16(2-4-19)20-22-7-10-29-20/h1-4,7,10,13-15,18H,5-6,8-9,11-12H2,(H,25,26). The maximum atomic E-state index is 11.6. The Morgan fingerprint density at radius 2 is 2.14 bits per heavy atom. The van der Waals surface area contributed by atoms with Gasteiger partial charge in [0.1, 0.15) is 10.8 Å². The lowest BCUT2D eigenvalue weighted by Crippen LogP contribution is -2.46. The molecular formula is C21H23N3O3S2. The quantitative estimate of drug-likeness (QED) is 0.570. The molecule has 2 aromatic heterocycles. The van der Waals surface area contributed by atoms with Crippen LogP contribution in [0.15, 0.2) is 46.7 Å². The zero-order chi connectivity index (χ0) is 20.1. The van der Waals surface area contributed by atoms with E-state index < -0.39 is 6.09 Å². The van der Waals surface area contributed by atoms with E-state index in [2.05, 4.69) is 9.97 Å². The fourth-order valence-corrected chi connectivity index (χ4v) is 5.04. The monoisotopic (exact) mass is 429 g/mol. The molecule has 1 amide bonds. The molecule has 3 aromatic rings. The Labute approximate surface area is 177 Å². The number of thiazole rings is 2. The summed E-state index contributed by atoms with van der Waals surface area (Å²) in [6, 6.07) is 8.02. The number of carbonyl (C=O) groups is 1. The number of carboxylic acid groups (broad SMARTS) is 1. The van der Waals surface area contributed by atoms with Crippen LogP contribution in [0.5, 0.6) is 5.75 Å². The summed E-state index contributed by atoms with van der Waals surface area (Å²) in [4.78, 5) is 21.8. The molecule has 1 aliphatic rings. The summed E-state index contributed by atoms with van der Waals surface area (Å²) in [7, 11) is 0. The van der Waals surface area contributed by atoms with Crippen LogP contribution in [0.4, 0.5) is 4.79 Å². The van der Waals surface area contributed by atoms with Crippen LogP contribution in [0, 0.1) is 5.92 Å².